The number of allylic oxidation sites excluding steroid dienone is 2. The van der Waals surface area contributed by atoms with Gasteiger partial charge in [0.25, 0.3) is 0 Å². The van der Waals surface area contributed by atoms with Crippen molar-refractivity contribution in [2.24, 2.45) is 0 Å². The summed E-state index contributed by atoms with van der Waals surface area (Å²) in [5, 5.41) is 7.82. The molecule has 0 radical (unpaired) electrons. The minimum atomic E-state index is -0.284. The number of nitrogens with one attached hydrogen (secondary N) is 1. The van der Waals surface area contributed by atoms with Crippen LogP contribution in [0.25, 0.3) is 17.3 Å². The highest BCUT2D eigenvalue weighted by molar-refractivity contribution is 5.82. The summed E-state index contributed by atoms with van der Waals surface area (Å²) in [6.07, 6.45) is 8.61. The number of aromatic nitrogens is 3. The molecule has 0 fully saturated rings. The van der Waals surface area contributed by atoms with E-state index in [0.717, 1.165) is 39.5 Å². The number of hydrogen-bond acceptors (Lipinski definition) is 3. The Morgan fingerprint density at radius 1 is 1.13 bits per heavy atom. The second-order valence-electron chi connectivity index (χ2n) is 7.09. The summed E-state index contributed by atoms with van der Waals surface area (Å²) in [4.78, 5) is 4.31. The summed E-state index contributed by atoms with van der Waals surface area (Å²) in [6, 6.07) is 10.2. The van der Waals surface area contributed by atoms with Gasteiger partial charge >= 0.3 is 0 Å². The zero-order chi connectivity index (χ0) is 22.8. The topological polar surface area (TPSA) is 42.7 Å². The van der Waals surface area contributed by atoms with E-state index in [1.165, 1.54) is 18.6 Å². The van der Waals surface area contributed by atoms with Crippen molar-refractivity contribution < 1.29 is 4.39 Å². The molecule has 162 valence electrons. The van der Waals surface area contributed by atoms with Gasteiger partial charge in [0, 0.05) is 35.3 Å². The zero-order valence-corrected chi connectivity index (χ0v) is 18.8. The van der Waals surface area contributed by atoms with Gasteiger partial charge in [-0.3, -0.25) is 4.98 Å². The fraction of sp³-hybridized carbons (Fsp3) is 0.231. The first kappa shape index (κ1) is 23.8. The molecule has 2 aromatic heterocycles. The number of pyridine rings is 1. The highest BCUT2D eigenvalue weighted by atomic mass is 19.1. The lowest BCUT2D eigenvalue weighted by Crippen LogP contribution is -2.13. The van der Waals surface area contributed by atoms with Crippen LogP contribution in [0.5, 0.6) is 0 Å². The third-order valence-electron chi connectivity index (χ3n) is 4.45. The van der Waals surface area contributed by atoms with Crippen molar-refractivity contribution in [1.29, 1.82) is 0 Å². The second kappa shape index (κ2) is 11.6. The van der Waals surface area contributed by atoms with Crippen molar-refractivity contribution >= 4 is 11.6 Å². The molecule has 0 saturated heterocycles. The smallest absolute Gasteiger partial charge is 0.123 e. The van der Waals surface area contributed by atoms with Gasteiger partial charge in [0.05, 0.1) is 17.6 Å². The molecular weight excluding hydrogens is 387 g/mol. The van der Waals surface area contributed by atoms with E-state index in [2.05, 4.69) is 42.4 Å². The number of benzene rings is 1. The van der Waals surface area contributed by atoms with E-state index >= 15 is 0 Å². The Bertz CT molecular complexity index is 1030. The molecule has 31 heavy (non-hydrogen) atoms. The van der Waals surface area contributed by atoms with Gasteiger partial charge < -0.3 is 5.32 Å². The zero-order valence-electron chi connectivity index (χ0n) is 18.8. The maximum absolute atomic E-state index is 13.2. The number of halogens is 1. The molecule has 2 heterocycles. The third-order valence-corrected chi connectivity index (χ3v) is 4.45. The summed E-state index contributed by atoms with van der Waals surface area (Å²) in [5.41, 5.74) is 6.27. The molecule has 0 aliphatic carbocycles. The van der Waals surface area contributed by atoms with E-state index < -0.39 is 0 Å². The van der Waals surface area contributed by atoms with E-state index in [0.29, 0.717) is 6.54 Å². The monoisotopic (exact) mass is 418 g/mol. The summed E-state index contributed by atoms with van der Waals surface area (Å²) >= 11 is 0. The van der Waals surface area contributed by atoms with Crippen molar-refractivity contribution in [3.63, 3.8) is 0 Å². The van der Waals surface area contributed by atoms with Crippen LogP contribution in [0.2, 0.25) is 0 Å². The normalized spacial score (nSPS) is 10.8. The lowest BCUT2D eigenvalue weighted by molar-refractivity contribution is 0.627. The van der Waals surface area contributed by atoms with Gasteiger partial charge in [-0.15, -0.1) is 0 Å². The molecule has 0 saturated carbocycles. The summed E-state index contributed by atoms with van der Waals surface area (Å²) in [6.45, 7) is 16.9. The van der Waals surface area contributed by atoms with Gasteiger partial charge in [0.15, 0.2) is 0 Å². The predicted octanol–water partition coefficient (Wildman–Crippen LogP) is 6.48. The lowest BCUT2D eigenvalue weighted by Gasteiger charge is -2.14. The van der Waals surface area contributed by atoms with E-state index in [1.807, 2.05) is 38.3 Å². The summed E-state index contributed by atoms with van der Waals surface area (Å²) < 4.78 is 15.0. The van der Waals surface area contributed by atoms with E-state index in [9.17, 15) is 4.39 Å². The Balaban J connectivity index is 0.00000107. The first-order valence-corrected chi connectivity index (χ1v) is 10.4. The third kappa shape index (κ3) is 6.25. The molecular formula is C26H31FN4. The first-order chi connectivity index (χ1) is 14.9. The van der Waals surface area contributed by atoms with Gasteiger partial charge in [-0.25, -0.2) is 9.07 Å². The maximum Gasteiger partial charge on any atom is 0.123 e. The molecule has 1 N–H and O–H groups in total. The number of rotatable bonds is 7. The second-order valence-corrected chi connectivity index (χ2v) is 7.09. The van der Waals surface area contributed by atoms with E-state index in [-0.39, 0.29) is 5.82 Å². The quantitative estimate of drug-likeness (QED) is 0.447. The highest BCUT2D eigenvalue weighted by Crippen LogP contribution is 2.27. The Morgan fingerprint density at radius 2 is 1.81 bits per heavy atom. The molecule has 1 aromatic carbocycles. The van der Waals surface area contributed by atoms with Crippen LogP contribution in [0.4, 0.5) is 4.39 Å². The van der Waals surface area contributed by atoms with Crippen molar-refractivity contribution in [3.05, 3.63) is 102 Å². The molecule has 0 aliphatic rings. The SMILES string of the molecule is C=Cc1c(/C(=C\C)C(=C)NCc2ccc(C)nc2)cnn1-c1ccc(F)cc1.CCC. The molecule has 4 nitrogen and oxygen atoms in total. The molecule has 3 rings (SSSR count). The van der Waals surface area contributed by atoms with Gasteiger partial charge in [-0.2, -0.15) is 5.10 Å². The fourth-order valence-corrected chi connectivity index (χ4v) is 2.95. The van der Waals surface area contributed by atoms with Crippen LogP contribution in [-0.4, -0.2) is 14.8 Å². The lowest BCUT2D eigenvalue weighted by atomic mass is 10.0. The fourth-order valence-electron chi connectivity index (χ4n) is 2.95. The Labute approximate surface area is 184 Å². The Morgan fingerprint density at radius 3 is 2.35 bits per heavy atom. The molecule has 0 amide bonds. The molecule has 0 bridgehead atoms. The molecule has 0 spiro atoms. The van der Waals surface area contributed by atoms with Crippen LogP contribution in [0.15, 0.2) is 73.7 Å². The molecule has 0 aliphatic heterocycles. The standard InChI is InChI=1S/C23H23FN4.C3H8/c1-5-21(17(4)26-14-18-8-7-16(3)25-13-18)22-15-27-28(23(22)6-2)20-11-9-19(24)10-12-20;1-3-2/h5-13,15,26H,2,4,14H2,1,3H3;3H2,1-2H3/b21-5-;. The van der Waals surface area contributed by atoms with Crippen molar-refractivity contribution in [1.82, 2.24) is 20.1 Å². The average Bonchev–Trinajstić information content (AvgIpc) is 3.18. The largest absolute Gasteiger partial charge is 0.381 e. The number of nitrogens with zero attached hydrogens (tertiary/aromatic N) is 3. The van der Waals surface area contributed by atoms with Crippen LogP contribution in [-0.2, 0) is 6.54 Å². The minimum Gasteiger partial charge on any atom is -0.381 e. The molecule has 0 unspecified atom stereocenters. The van der Waals surface area contributed by atoms with Crippen LogP contribution < -0.4 is 5.32 Å². The van der Waals surface area contributed by atoms with Gasteiger partial charge in [-0.05, 0) is 55.8 Å². The summed E-state index contributed by atoms with van der Waals surface area (Å²) in [7, 11) is 0. The molecule has 5 heteroatoms. The minimum absolute atomic E-state index is 0.284. The summed E-state index contributed by atoms with van der Waals surface area (Å²) in [5.74, 6) is -0.284. The Kier molecular flexibility index (Phi) is 8.94. The van der Waals surface area contributed by atoms with Gasteiger partial charge in [0.2, 0.25) is 0 Å². The van der Waals surface area contributed by atoms with E-state index in [4.69, 9.17) is 0 Å². The molecule has 0 atom stereocenters. The predicted molar refractivity (Wildman–Crippen MR) is 128 cm³/mol. The highest BCUT2D eigenvalue weighted by Gasteiger charge is 2.15. The Hall–Kier alpha value is -3.47. The maximum atomic E-state index is 13.2. The first-order valence-electron chi connectivity index (χ1n) is 10.4. The van der Waals surface area contributed by atoms with Crippen molar-refractivity contribution in [2.45, 2.75) is 40.7 Å². The van der Waals surface area contributed by atoms with E-state index in [1.54, 1.807) is 29.1 Å². The number of aryl methyl sites for hydroxylation is 1. The molecule has 3 aromatic rings. The van der Waals surface area contributed by atoms with Crippen LogP contribution in [0.1, 0.15) is 49.7 Å². The number of hydrogen-bond donors (Lipinski definition) is 1. The van der Waals surface area contributed by atoms with Crippen molar-refractivity contribution in [2.75, 3.05) is 0 Å². The van der Waals surface area contributed by atoms with Crippen LogP contribution in [0, 0.1) is 12.7 Å². The van der Waals surface area contributed by atoms with Gasteiger partial charge in [0.1, 0.15) is 5.82 Å². The van der Waals surface area contributed by atoms with Gasteiger partial charge in [-0.1, -0.05) is 45.6 Å². The van der Waals surface area contributed by atoms with Crippen molar-refractivity contribution in [3.8, 4) is 5.69 Å². The average molecular weight is 419 g/mol. The van der Waals surface area contributed by atoms with Crippen LogP contribution >= 0.6 is 0 Å². The van der Waals surface area contributed by atoms with Crippen LogP contribution in [0.3, 0.4) is 0 Å².